The van der Waals surface area contributed by atoms with Crippen molar-refractivity contribution >= 4 is 14.2 Å². The fourth-order valence-electron chi connectivity index (χ4n) is 6.02. The molecular weight excluding hydrogens is 494 g/mol. The minimum Gasteiger partial charge on any atom is -0.453 e. The van der Waals surface area contributed by atoms with E-state index in [9.17, 15) is 4.79 Å². The molecule has 2 aliphatic rings. The largest absolute Gasteiger partial charge is 0.453 e. The predicted molar refractivity (Wildman–Crippen MR) is 153 cm³/mol. The average molecular weight is 542 g/mol. The molecule has 1 saturated carbocycles. The molecule has 2 aromatic rings. The molecule has 7 nitrogen and oxygen atoms in total. The standard InChI is InChI=1S/C30H47N3O4Si/c1-23-19-27(28-15-16-31-33(28)22-36-17-18-38(3,4)5)29(32(20-23)30(34)35-2)21-37-26-13-11-25(12-14-26)24-9-7-6-8-10-24/h6-10,15-16,23,25-27,29H,11-14,17-22H2,1-5H3/t23-,25?,26?,27+,29-/m0/s1. The molecule has 210 valence electrons. The molecule has 0 radical (unpaired) electrons. The summed E-state index contributed by atoms with van der Waals surface area (Å²) < 4.78 is 19.8. The first kappa shape index (κ1) is 28.8. The highest BCUT2D eigenvalue weighted by molar-refractivity contribution is 6.76. The van der Waals surface area contributed by atoms with Gasteiger partial charge in [-0.1, -0.05) is 56.9 Å². The number of nitrogens with zero attached hydrogens (tertiary/aromatic N) is 3. The maximum Gasteiger partial charge on any atom is 0.409 e. The molecule has 0 bridgehead atoms. The van der Waals surface area contributed by atoms with Crippen molar-refractivity contribution in [2.24, 2.45) is 5.92 Å². The fourth-order valence-corrected chi connectivity index (χ4v) is 6.78. The Labute approximate surface area is 229 Å². The van der Waals surface area contributed by atoms with Crippen LogP contribution < -0.4 is 0 Å². The lowest BCUT2D eigenvalue weighted by molar-refractivity contribution is -0.0316. The van der Waals surface area contributed by atoms with E-state index >= 15 is 0 Å². The van der Waals surface area contributed by atoms with Crippen LogP contribution in [0, 0.1) is 5.92 Å². The van der Waals surface area contributed by atoms with Gasteiger partial charge in [0.1, 0.15) is 6.73 Å². The van der Waals surface area contributed by atoms with Crippen molar-refractivity contribution in [1.29, 1.82) is 0 Å². The number of benzene rings is 1. The van der Waals surface area contributed by atoms with Gasteiger partial charge in [0.2, 0.25) is 0 Å². The maximum atomic E-state index is 12.9. The molecular formula is C30H47N3O4Si. The number of ether oxygens (including phenoxy) is 3. The summed E-state index contributed by atoms with van der Waals surface area (Å²) in [6.07, 6.45) is 7.15. The molecule has 0 N–H and O–H groups in total. The van der Waals surface area contributed by atoms with Crippen LogP contribution in [0.5, 0.6) is 0 Å². The number of likely N-dealkylation sites (tertiary alicyclic amines) is 1. The molecule has 0 unspecified atom stereocenters. The van der Waals surface area contributed by atoms with Gasteiger partial charge >= 0.3 is 6.09 Å². The molecule has 0 spiro atoms. The first-order chi connectivity index (χ1) is 18.2. The molecule has 1 amide bonds. The second-order valence-corrected chi connectivity index (χ2v) is 18.1. The SMILES string of the molecule is COC(=O)N1C[C@@H](C)C[C@H](c2ccnn2COCC[Si](C)(C)C)[C@@H]1COC1CCC(c2ccccc2)CC1. The number of amides is 1. The van der Waals surface area contributed by atoms with E-state index in [0.717, 1.165) is 50.4 Å². The normalized spacial score (nSPS) is 26.3. The molecule has 2 heterocycles. The Morgan fingerprint density at radius 2 is 1.82 bits per heavy atom. The molecule has 3 atom stereocenters. The summed E-state index contributed by atoms with van der Waals surface area (Å²) in [5.41, 5.74) is 2.55. The van der Waals surface area contributed by atoms with Gasteiger partial charge in [-0.2, -0.15) is 5.10 Å². The molecule has 4 rings (SSSR count). The summed E-state index contributed by atoms with van der Waals surface area (Å²) >= 11 is 0. The van der Waals surface area contributed by atoms with Crippen molar-refractivity contribution in [3.05, 3.63) is 53.9 Å². The maximum absolute atomic E-state index is 12.9. The lowest BCUT2D eigenvalue weighted by Crippen LogP contribution is -2.53. The van der Waals surface area contributed by atoms with Crippen LogP contribution in [0.2, 0.25) is 25.7 Å². The van der Waals surface area contributed by atoms with Crippen LogP contribution in [0.3, 0.4) is 0 Å². The Morgan fingerprint density at radius 3 is 2.50 bits per heavy atom. The summed E-state index contributed by atoms with van der Waals surface area (Å²) in [5, 5.41) is 4.59. The lowest BCUT2D eigenvalue weighted by Gasteiger charge is -2.43. The second-order valence-electron chi connectivity index (χ2n) is 12.5. The van der Waals surface area contributed by atoms with E-state index in [-0.39, 0.29) is 24.2 Å². The fraction of sp³-hybridized carbons (Fsp3) is 0.667. The van der Waals surface area contributed by atoms with Crippen molar-refractivity contribution in [2.75, 3.05) is 26.9 Å². The highest BCUT2D eigenvalue weighted by Gasteiger charge is 2.40. The van der Waals surface area contributed by atoms with Crippen LogP contribution in [0.25, 0.3) is 0 Å². The predicted octanol–water partition coefficient (Wildman–Crippen LogP) is 6.50. The quantitative estimate of drug-likeness (QED) is 0.254. The van der Waals surface area contributed by atoms with Gasteiger partial charge in [0.15, 0.2) is 0 Å². The number of methoxy groups -OCH3 is 1. The minimum atomic E-state index is -1.15. The third kappa shape index (κ3) is 7.70. The number of piperidine rings is 1. The average Bonchev–Trinajstić information content (AvgIpc) is 3.38. The monoisotopic (exact) mass is 541 g/mol. The Morgan fingerprint density at radius 1 is 1.08 bits per heavy atom. The molecule has 38 heavy (non-hydrogen) atoms. The van der Waals surface area contributed by atoms with Crippen molar-refractivity contribution in [3.63, 3.8) is 0 Å². The van der Waals surface area contributed by atoms with Gasteiger partial charge in [0, 0.05) is 39.0 Å². The van der Waals surface area contributed by atoms with E-state index in [4.69, 9.17) is 14.2 Å². The zero-order valence-corrected chi connectivity index (χ0v) is 25.0. The summed E-state index contributed by atoms with van der Waals surface area (Å²) in [5.74, 6) is 1.08. The van der Waals surface area contributed by atoms with Crippen LogP contribution in [-0.2, 0) is 20.9 Å². The Bertz CT molecular complexity index is 1000. The summed E-state index contributed by atoms with van der Waals surface area (Å²) in [7, 11) is 0.317. The first-order valence-corrected chi connectivity index (χ1v) is 18.1. The smallest absolute Gasteiger partial charge is 0.409 e. The first-order valence-electron chi connectivity index (χ1n) is 14.4. The van der Waals surface area contributed by atoms with Crippen molar-refractivity contribution in [1.82, 2.24) is 14.7 Å². The number of carbonyl (C=O) groups is 1. The third-order valence-corrected chi connectivity index (χ3v) is 9.93. The number of carbonyl (C=O) groups excluding carboxylic acids is 1. The number of rotatable bonds is 10. The van der Waals surface area contributed by atoms with E-state index in [0.29, 0.717) is 31.7 Å². The zero-order valence-electron chi connectivity index (χ0n) is 24.0. The van der Waals surface area contributed by atoms with E-state index in [1.54, 1.807) is 0 Å². The van der Waals surface area contributed by atoms with Gasteiger partial charge in [-0.15, -0.1) is 0 Å². The van der Waals surface area contributed by atoms with Gasteiger partial charge in [0.25, 0.3) is 0 Å². The Balaban J connectivity index is 1.42. The molecule has 2 fully saturated rings. The number of hydrogen-bond donors (Lipinski definition) is 0. The van der Waals surface area contributed by atoms with E-state index < -0.39 is 8.07 Å². The van der Waals surface area contributed by atoms with Gasteiger partial charge < -0.3 is 19.1 Å². The Kier molecular flexibility index (Phi) is 10.1. The molecule has 1 aliphatic heterocycles. The van der Waals surface area contributed by atoms with Gasteiger partial charge in [-0.05, 0) is 61.6 Å². The lowest BCUT2D eigenvalue weighted by atomic mass is 9.81. The summed E-state index contributed by atoms with van der Waals surface area (Å²) in [6, 6.07) is 13.9. The van der Waals surface area contributed by atoms with E-state index in [2.05, 4.69) is 68.1 Å². The molecule has 8 heteroatoms. The van der Waals surface area contributed by atoms with E-state index in [1.807, 2.05) is 15.8 Å². The minimum absolute atomic E-state index is 0.0945. The molecule has 1 aromatic carbocycles. The van der Waals surface area contributed by atoms with Crippen molar-refractivity contribution in [3.8, 4) is 0 Å². The highest BCUT2D eigenvalue weighted by atomic mass is 28.3. The number of hydrogen-bond acceptors (Lipinski definition) is 5. The van der Waals surface area contributed by atoms with Gasteiger partial charge in [-0.3, -0.25) is 0 Å². The molecule has 1 saturated heterocycles. The summed E-state index contributed by atoms with van der Waals surface area (Å²) in [6.45, 7) is 11.7. The summed E-state index contributed by atoms with van der Waals surface area (Å²) in [4.78, 5) is 14.8. The van der Waals surface area contributed by atoms with E-state index in [1.165, 1.54) is 12.7 Å². The van der Waals surface area contributed by atoms with Crippen LogP contribution in [0.4, 0.5) is 4.79 Å². The zero-order chi connectivity index (χ0) is 27.1. The van der Waals surface area contributed by atoms with Crippen LogP contribution in [-0.4, -0.2) is 67.9 Å². The van der Waals surface area contributed by atoms with Crippen molar-refractivity contribution < 1.29 is 19.0 Å². The topological polar surface area (TPSA) is 65.8 Å². The number of aromatic nitrogens is 2. The molecule has 1 aromatic heterocycles. The highest BCUT2D eigenvalue weighted by Crippen LogP contribution is 2.38. The molecule has 1 aliphatic carbocycles. The van der Waals surface area contributed by atoms with Gasteiger partial charge in [0.05, 0.1) is 25.9 Å². The van der Waals surface area contributed by atoms with Crippen LogP contribution in [0.1, 0.15) is 62.1 Å². The second kappa shape index (κ2) is 13.3. The Hall–Kier alpha value is -2.16. The van der Waals surface area contributed by atoms with Crippen LogP contribution in [0.15, 0.2) is 42.6 Å². The van der Waals surface area contributed by atoms with Crippen molar-refractivity contribution in [2.45, 2.75) is 95.4 Å². The third-order valence-electron chi connectivity index (χ3n) is 8.23. The van der Waals surface area contributed by atoms with Crippen LogP contribution >= 0.6 is 0 Å². The van der Waals surface area contributed by atoms with Gasteiger partial charge in [-0.25, -0.2) is 9.48 Å².